The van der Waals surface area contributed by atoms with Crippen LogP contribution in [-0.4, -0.2) is 36.9 Å². The van der Waals surface area contributed by atoms with Crippen molar-refractivity contribution < 1.29 is 14.0 Å². The van der Waals surface area contributed by atoms with E-state index in [2.05, 4.69) is 22.8 Å². The first-order valence-corrected chi connectivity index (χ1v) is 9.13. The number of rotatable bonds is 6. The van der Waals surface area contributed by atoms with Crippen molar-refractivity contribution in [2.24, 2.45) is 0 Å². The molecule has 0 aliphatic heterocycles. The second-order valence-electron chi connectivity index (χ2n) is 6.85. The zero-order chi connectivity index (χ0) is 19.2. The molecule has 0 heterocycles. The van der Waals surface area contributed by atoms with Gasteiger partial charge in [-0.15, -0.1) is 0 Å². The van der Waals surface area contributed by atoms with Crippen LogP contribution in [0.2, 0.25) is 0 Å². The summed E-state index contributed by atoms with van der Waals surface area (Å²) in [7, 11) is 1.94. The number of anilines is 1. The molecule has 6 heteroatoms. The van der Waals surface area contributed by atoms with Gasteiger partial charge < -0.3 is 10.6 Å². The van der Waals surface area contributed by atoms with Gasteiger partial charge in [-0.3, -0.25) is 14.5 Å². The molecule has 2 N–H and O–H groups in total. The van der Waals surface area contributed by atoms with E-state index in [0.717, 1.165) is 19.3 Å². The van der Waals surface area contributed by atoms with E-state index in [1.54, 1.807) is 0 Å². The lowest BCUT2D eigenvalue weighted by Gasteiger charge is -2.32. The molecule has 0 saturated carbocycles. The fraction of sp³-hybridized carbons (Fsp3) is 0.333. The fourth-order valence-corrected chi connectivity index (χ4v) is 3.50. The third kappa shape index (κ3) is 5.14. The largest absolute Gasteiger partial charge is 0.346 e. The maximum Gasteiger partial charge on any atom is 0.243 e. The second-order valence-corrected chi connectivity index (χ2v) is 6.85. The van der Waals surface area contributed by atoms with Gasteiger partial charge in [-0.05, 0) is 61.7 Å². The molecule has 1 aliphatic carbocycles. The highest BCUT2D eigenvalue weighted by Crippen LogP contribution is 2.33. The molecular weight excluding hydrogens is 345 g/mol. The molecule has 0 aromatic heterocycles. The summed E-state index contributed by atoms with van der Waals surface area (Å²) < 4.78 is 12.9. The number of halogens is 1. The highest BCUT2D eigenvalue weighted by atomic mass is 19.1. The van der Waals surface area contributed by atoms with E-state index >= 15 is 0 Å². The summed E-state index contributed by atoms with van der Waals surface area (Å²) in [6.45, 7) is 0.105. The van der Waals surface area contributed by atoms with E-state index in [0.29, 0.717) is 5.69 Å². The lowest BCUT2D eigenvalue weighted by Crippen LogP contribution is -2.40. The monoisotopic (exact) mass is 369 g/mol. The fourth-order valence-electron chi connectivity index (χ4n) is 3.50. The molecule has 0 unspecified atom stereocenters. The number of amides is 2. The van der Waals surface area contributed by atoms with Gasteiger partial charge in [0.2, 0.25) is 11.8 Å². The van der Waals surface area contributed by atoms with Crippen LogP contribution in [0.5, 0.6) is 0 Å². The molecule has 2 aromatic rings. The molecule has 0 saturated heterocycles. The molecule has 2 amide bonds. The van der Waals surface area contributed by atoms with Crippen molar-refractivity contribution in [2.45, 2.75) is 25.3 Å². The van der Waals surface area contributed by atoms with Crippen LogP contribution in [-0.2, 0) is 16.0 Å². The lowest BCUT2D eigenvalue weighted by molar-refractivity contribution is -0.125. The van der Waals surface area contributed by atoms with Gasteiger partial charge in [0.25, 0.3) is 0 Å². The summed E-state index contributed by atoms with van der Waals surface area (Å²) in [6.07, 6.45) is 3.20. The Hall–Kier alpha value is -2.73. The van der Waals surface area contributed by atoms with E-state index in [4.69, 9.17) is 0 Å². The van der Waals surface area contributed by atoms with E-state index < -0.39 is 0 Å². The topological polar surface area (TPSA) is 61.4 Å². The van der Waals surface area contributed by atoms with Crippen LogP contribution in [0.25, 0.3) is 0 Å². The van der Waals surface area contributed by atoms with Crippen molar-refractivity contribution in [1.29, 1.82) is 0 Å². The van der Waals surface area contributed by atoms with Crippen LogP contribution in [0.1, 0.15) is 30.0 Å². The quantitative estimate of drug-likeness (QED) is 0.823. The third-order valence-electron chi connectivity index (χ3n) is 4.84. The van der Waals surface area contributed by atoms with Crippen LogP contribution in [0.3, 0.4) is 0 Å². The first-order valence-electron chi connectivity index (χ1n) is 9.13. The summed E-state index contributed by atoms with van der Waals surface area (Å²) >= 11 is 0. The maximum atomic E-state index is 12.9. The number of likely N-dealkylation sites (N-methyl/N-ethyl adjacent to an activating group) is 1. The molecule has 0 spiro atoms. The van der Waals surface area contributed by atoms with Gasteiger partial charge in [0, 0.05) is 11.7 Å². The van der Waals surface area contributed by atoms with Crippen molar-refractivity contribution in [1.82, 2.24) is 10.2 Å². The lowest BCUT2D eigenvalue weighted by atomic mass is 9.87. The molecular formula is C21H24FN3O2. The van der Waals surface area contributed by atoms with Crippen LogP contribution in [0, 0.1) is 5.82 Å². The number of hydrogen-bond acceptors (Lipinski definition) is 3. The van der Waals surface area contributed by atoms with Crippen LogP contribution in [0.15, 0.2) is 48.5 Å². The number of aryl methyl sites for hydroxylation is 1. The van der Waals surface area contributed by atoms with Gasteiger partial charge in [0.15, 0.2) is 0 Å². The van der Waals surface area contributed by atoms with Crippen molar-refractivity contribution in [3.05, 3.63) is 65.5 Å². The van der Waals surface area contributed by atoms with Gasteiger partial charge in [0.1, 0.15) is 5.82 Å². The number of fused-ring (bicyclic) bond motifs is 1. The Labute approximate surface area is 158 Å². The molecule has 0 radical (unpaired) electrons. The summed E-state index contributed by atoms with van der Waals surface area (Å²) in [5.74, 6) is -0.913. The average Bonchev–Trinajstić information content (AvgIpc) is 2.67. The molecule has 0 bridgehead atoms. The Morgan fingerprint density at radius 1 is 1.11 bits per heavy atom. The summed E-state index contributed by atoms with van der Waals surface area (Å²) in [5, 5.41) is 5.26. The SMILES string of the molecule is CN(CC(=O)NCC(=O)Nc1ccc(F)cc1)[C@@H]1CCCc2ccccc21. The molecule has 1 aliphatic rings. The number of carbonyl (C=O) groups is 2. The Balaban J connectivity index is 1.48. The molecule has 3 rings (SSSR count). The van der Waals surface area contributed by atoms with E-state index in [1.807, 2.05) is 24.1 Å². The Morgan fingerprint density at radius 3 is 2.63 bits per heavy atom. The highest BCUT2D eigenvalue weighted by Gasteiger charge is 2.24. The highest BCUT2D eigenvalue weighted by molar-refractivity contribution is 5.94. The van der Waals surface area contributed by atoms with Crippen molar-refractivity contribution in [2.75, 3.05) is 25.5 Å². The first-order chi connectivity index (χ1) is 13.0. The van der Waals surface area contributed by atoms with Crippen molar-refractivity contribution >= 4 is 17.5 Å². The van der Waals surface area contributed by atoms with Gasteiger partial charge in [-0.2, -0.15) is 0 Å². The molecule has 1 atom stereocenters. The van der Waals surface area contributed by atoms with Gasteiger partial charge >= 0.3 is 0 Å². The number of carbonyl (C=O) groups excluding carboxylic acids is 2. The Morgan fingerprint density at radius 2 is 1.85 bits per heavy atom. The predicted octanol–water partition coefficient (Wildman–Crippen LogP) is 2.89. The van der Waals surface area contributed by atoms with Gasteiger partial charge in [-0.1, -0.05) is 24.3 Å². The zero-order valence-corrected chi connectivity index (χ0v) is 15.4. The number of hydrogen-bond donors (Lipinski definition) is 2. The van der Waals surface area contributed by atoms with Gasteiger partial charge in [0.05, 0.1) is 13.1 Å². The van der Waals surface area contributed by atoms with Crippen molar-refractivity contribution in [3.63, 3.8) is 0 Å². The minimum absolute atomic E-state index is 0.120. The Kier molecular flexibility index (Phi) is 6.19. The third-order valence-corrected chi connectivity index (χ3v) is 4.84. The average molecular weight is 369 g/mol. The number of nitrogens with zero attached hydrogens (tertiary/aromatic N) is 1. The maximum absolute atomic E-state index is 12.9. The molecule has 2 aromatic carbocycles. The number of nitrogens with one attached hydrogen (secondary N) is 2. The summed E-state index contributed by atoms with van der Waals surface area (Å²) in [5.41, 5.74) is 3.12. The minimum atomic E-state index is -0.367. The predicted molar refractivity (Wildman–Crippen MR) is 103 cm³/mol. The van der Waals surface area contributed by atoms with Crippen LogP contribution >= 0.6 is 0 Å². The summed E-state index contributed by atoms with van der Waals surface area (Å²) in [6, 6.07) is 14.1. The Bertz CT molecular complexity index is 807. The molecule has 5 nitrogen and oxygen atoms in total. The second kappa shape index (κ2) is 8.77. The molecule has 27 heavy (non-hydrogen) atoms. The van der Waals surface area contributed by atoms with Gasteiger partial charge in [-0.25, -0.2) is 4.39 Å². The zero-order valence-electron chi connectivity index (χ0n) is 15.4. The van der Waals surface area contributed by atoms with Crippen LogP contribution < -0.4 is 10.6 Å². The minimum Gasteiger partial charge on any atom is -0.346 e. The molecule has 142 valence electrons. The molecule has 0 fully saturated rings. The van der Waals surface area contributed by atoms with Crippen molar-refractivity contribution in [3.8, 4) is 0 Å². The van der Waals surface area contributed by atoms with E-state index in [1.165, 1.54) is 35.4 Å². The summed E-state index contributed by atoms with van der Waals surface area (Å²) in [4.78, 5) is 26.2. The first kappa shape index (κ1) is 19.0. The standard InChI is InChI=1S/C21H24FN3O2/c1-25(19-8-4-6-15-5-2-3-7-18(15)19)14-21(27)23-13-20(26)24-17-11-9-16(22)10-12-17/h2-3,5,7,9-12,19H,4,6,8,13-14H2,1H3,(H,23,27)(H,24,26)/t19-/m1/s1. The van der Waals surface area contributed by atoms with E-state index in [-0.39, 0.29) is 36.8 Å². The normalized spacial score (nSPS) is 15.9. The smallest absolute Gasteiger partial charge is 0.243 e. The van der Waals surface area contributed by atoms with E-state index in [9.17, 15) is 14.0 Å². The number of benzene rings is 2. The van der Waals surface area contributed by atoms with Crippen LogP contribution in [0.4, 0.5) is 10.1 Å².